The maximum atomic E-state index is 11.7. The minimum Gasteiger partial charge on any atom is -0.357 e. The van der Waals surface area contributed by atoms with Crippen molar-refractivity contribution in [2.75, 3.05) is 38.5 Å². The Morgan fingerprint density at radius 2 is 1.91 bits per heavy atom. The molecule has 1 heterocycles. The molecule has 1 rings (SSSR count). The first kappa shape index (κ1) is 21.9. The maximum absolute atomic E-state index is 11.7. The van der Waals surface area contributed by atoms with Crippen LogP contribution in [-0.2, 0) is 10.0 Å². The van der Waals surface area contributed by atoms with Gasteiger partial charge in [0.25, 0.3) is 0 Å². The number of rotatable bonds is 8. The van der Waals surface area contributed by atoms with E-state index >= 15 is 0 Å². The van der Waals surface area contributed by atoms with Gasteiger partial charge in [-0.2, -0.15) is 0 Å². The van der Waals surface area contributed by atoms with E-state index in [9.17, 15) is 8.42 Å². The molecule has 1 aliphatic heterocycles. The number of guanidine groups is 1. The minimum absolute atomic E-state index is 0. The van der Waals surface area contributed by atoms with E-state index in [0.717, 1.165) is 38.3 Å². The molecule has 0 bridgehead atoms. The fourth-order valence-electron chi connectivity index (χ4n) is 2.35. The summed E-state index contributed by atoms with van der Waals surface area (Å²) in [6.45, 7) is 9.75. The summed E-state index contributed by atoms with van der Waals surface area (Å²) in [7, 11) is -3.00. The van der Waals surface area contributed by atoms with Gasteiger partial charge >= 0.3 is 0 Å². The van der Waals surface area contributed by atoms with Gasteiger partial charge in [0.1, 0.15) is 0 Å². The quantitative estimate of drug-likeness (QED) is 0.338. The lowest BCUT2D eigenvalue weighted by Crippen LogP contribution is -2.42. The predicted molar refractivity (Wildman–Crippen MR) is 103 cm³/mol. The first-order valence-corrected chi connectivity index (χ1v) is 9.64. The number of hydrogen-bond acceptors (Lipinski definition) is 3. The summed E-state index contributed by atoms with van der Waals surface area (Å²) in [4.78, 5) is 4.58. The molecule has 8 heteroatoms. The molecule has 0 aromatic heterocycles. The van der Waals surface area contributed by atoms with E-state index < -0.39 is 10.0 Å². The molecule has 0 spiro atoms. The molecule has 2 N–H and O–H groups in total. The van der Waals surface area contributed by atoms with E-state index in [-0.39, 0.29) is 29.7 Å². The Balaban J connectivity index is 0.00000441. The summed E-state index contributed by atoms with van der Waals surface area (Å²) in [5.74, 6) is 1.68. The zero-order valence-electron chi connectivity index (χ0n) is 14.0. The van der Waals surface area contributed by atoms with Gasteiger partial charge in [0.05, 0.1) is 5.75 Å². The van der Waals surface area contributed by atoms with E-state index in [4.69, 9.17) is 0 Å². The van der Waals surface area contributed by atoms with Crippen molar-refractivity contribution in [2.45, 2.75) is 40.0 Å². The van der Waals surface area contributed by atoms with Gasteiger partial charge in [0, 0.05) is 32.7 Å². The van der Waals surface area contributed by atoms with Crippen molar-refractivity contribution < 1.29 is 8.42 Å². The number of nitrogens with one attached hydrogen (secondary N) is 2. The van der Waals surface area contributed by atoms with Crippen LogP contribution in [-0.4, -0.2) is 57.2 Å². The van der Waals surface area contributed by atoms with E-state index in [1.165, 1.54) is 0 Å². The Kier molecular flexibility index (Phi) is 11.4. The second-order valence-corrected chi connectivity index (χ2v) is 7.49. The van der Waals surface area contributed by atoms with Crippen molar-refractivity contribution in [3.05, 3.63) is 0 Å². The van der Waals surface area contributed by atoms with Gasteiger partial charge in [-0.3, -0.25) is 4.99 Å². The molecule has 0 amide bonds. The third-order valence-electron chi connectivity index (χ3n) is 3.86. The molecule has 0 unspecified atom stereocenters. The summed E-state index contributed by atoms with van der Waals surface area (Å²) in [6.07, 6.45) is 3.00. The average molecular weight is 446 g/mol. The SMILES string of the molecule is CCNC(=NCC(CC)CC)NCCN1CCCS1(=O)=O.I. The molecule has 0 saturated carbocycles. The predicted octanol–water partition coefficient (Wildman–Crippen LogP) is 1.63. The van der Waals surface area contributed by atoms with Gasteiger partial charge in [0.2, 0.25) is 10.0 Å². The van der Waals surface area contributed by atoms with Crippen LogP contribution in [0.5, 0.6) is 0 Å². The van der Waals surface area contributed by atoms with Gasteiger partial charge in [-0.05, 0) is 19.3 Å². The first-order chi connectivity index (χ1) is 10.0. The van der Waals surface area contributed by atoms with Crippen molar-refractivity contribution in [3.8, 4) is 0 Å². The Labute approximate surface area is 152 Å². The van der Waals surface area contributed by atoms with Crippen LogP contribution in [0.3, 0.4) is 0 Å². The van der Waals surface area contributed by atoms with Crippen molar-refractivity contribution >= 4 is 40.0 Å². The summed E-state index contributed by atoms with van der Waals surface area (Å²) in [5.41, 5.74) is 0. The van der Waals surface area contributed by atoms with Crippen LogP contribution in [0.2, 0.25) is 0 Å². The summed E-state index contributed by atoms with van der Waals surface area (Å²) < 4.78 is 25.0. The molecular formula is C14H31IN4O2S. The number of hydrogen-bond donors (Lipinski definition) is 2. The maximum Gasteiger partial charge on any atom is 0.214 e. The minimum atomic E-state index is -3.00. The largest absolute Gasteiger partial charge is 0.357 e. The van der Waals surface area contributed by atoms with Gasteiger partial charge in [-0.15, -0.1) is 24.0 Å². The number of nitrogens with zero attached hydrogens (tertiary/aromatic N) is 2. The molecular weight excluding hydrogens is 415 g/mol. The van der Waals surface area contributed by atoms with Crippen molar-refractivity contribution in [1.29, 1.82) is 0 Å². The second kappa shape index (κ2) is 11.4. The fraction of sp³-hybridized carbons (Fsp3) is 0.929. The smallest absolute Gasteiger partial charge is 0.214 e. The standard InChI is InChI=1S/C14H30N4O2S.HI/c1-4-13(5-2)12-17-14(15-6-3)16-8-10-18-9-7-11-21(18,19)20;/h13H,4-12H2,1-3H3,(H2,15,16,17);1H. The van der Waals surface area contributed by atoms with Crippen LogP contribution in [0.4, 0.5) is 0 Å². The Hall–Kier alpha value is -0.0900. The highest BCUT2D eigenvalue weighted by molar-refractivity contribution is 14.0. The number of sulfonamides is 1. The van der Waals surface area contributed by atoms with Gasteiger partial charge in [-0.1, -0.05) is 26.7 Å². The van der Waals surface area contributed by atoms with Crippen LogP contribution in [0, 0.1) is 5.92 Å². The van der Waals surface area contributed by atoms with Gasteiger partial charge in [0.15, 0.2) is 5.96 Å². The molecule has 0 aromatic carbocycles. The number of aliphatic imine (C=N–C) groups is 1. The lowest BCUT2D eigenvalue weighted by Gasteiger charge is -2.17. The van der Waals surface area contributed by atoms with E-state index in [0.29, 0.717) is 25.6 Å². The summed E-state index contributed by atoms with van der Waals surface area (Å²) in [5, 5.41) is 6.42. The molecule has 6 nitrogen and oxygen atoms in total. The second-order valence-electron chi connectivity index (χ2n) is 5.40. The molecule has 0 atom stereocenters. The molecule has 1 saturated heterocycles. The van der Waals surface area contributed by atoms with Crippen LogP contribution in [0.15, 0.2) is 4.99 Å². The van der Waals surface area contributed by atoms with Gasteiger partial charge in [-0.25, -0.2) is 12.7 Å². The molecule has 132 valence electrons. The Morgan fingerprint density at radius 3 is 2.41 bits per heavy atom. The molecule has 1 fully saturated rings. The summed E-state index contributed by atoms with van der Waals surface area (Å²) >= 11 is 0. The third kappa shape index (κ3) is 7.45. The van der Waals surface area contributed by atoms with Crippen LogP contribution in [0.25, 0.3) is 0 Å². The monoisotopic (exact) mass is 446 g/mol. The Bertz CT molecular complexity index is 425. The van der Waals surface area contributed by atoms with Crippen LogP contribution >= 0.6 is 24.0 Å². The first-order valence-electron chi connectivity index (χ1n) is 8.03. The highest BCUT2D eigenvalue weighted by atomic mass is 127. The number of halogens is 1. The zero-order chi connectivity index (χ0) is 15.7. The third-order valence-corrected chi connectivity index (χ3v) is 5.82. The van der Waals surface area contributed by atoms with Crippen LogP contribution < -0.4 is 10.6 Å². The normalized spacial score (nSPS) is 18.3. The average Bonchev–Trinajstić information content (AvgIpc) is 2.79. The lowest BCUT2D eigenvalue weighted by molar-refractivity contribution is 0.444. The molecule has 0 aromatic rings. The van der Waals surface area contributed by atoms with E-state index in [2.05, 4.69) is 29.5 Å². The zero-order valence-corrected chi connectivity index (χ0v) is 17.1. The highest BCUT2D eigenvalue weighted by Crippen LogP contribution is 2.11. The van der Waals surface area contributed by atoms with Crippen LogP contribution in [0.1, 0.15) is 40.0 Å². The van der Waals surface area contributed by atoms with E-state index in [1.54, 1.807) is 4.31 Å². The van der Waals surface area contributed by atoms with Crippen molar-refractivity contribution in [3.63, 3.8) is 0 Å². The highest BCUT2D eigenvalue weighted by Gasteiger charge is 2.27. The summed E-state index contributed by atoms with van der Waals surface area (Å²) in [6, 6.07) is 0. The molecule has 0 radical (unpaired) electrons. The van der Waals surface area contributed by atoms with Crippen molar-refractivity contribution in [2.24, 2.45) is 10.9 Å². The van der Waals surface area contributed by atoms with Gasteiger partial charge < -0.3 is 10.6 Å². The Morgan fingerprint density at radius 1 is 1.23 bits per heavy atom. The van der Waals surface area contributed by atoms with Crippen molar-refractivity contribution in [1.82, 2.24) is 14.9 Å². The molecule has 22 heavy (non-hydrogen) atoms. The molecule has 0 aliphatic carbocycles. The fourth-order valence-corrected chi connectivity index (χ4v) is 3.88. The lowest BCUT2D eigenvalue weighted by atomic mass is 10.0. The van der Waals surface area contributed by atoms with E-state index in [1.807, 2.05) is 6.92 Å². The molecule has 1 aliphatic rings. The topological polar surface area (TPSA) is 73.8 Å².